The topological polar surface area (TPSA) is 74.4 Å². The Morgan fingerprint density at radius 2 is 2.05 bits per heavy atom. The van der Waals surface area contributed by atoms with Crippen molar-refractivity contribution in [3.63, 3.8) is 0 Å². The first kappa shape index (κ1) is 14.1. The molecule has 0 aliphatic heterocycles. The Morgan fingerprint density at radius 3 is 2.70 bits per heavy atom. The SMILES string of the molecule is COC(=O)c1ccc(N)c(Oc2ccc(Cl)c(C)c2)n1. The van der Waals surface area contributed by atoms with E-state index in [1.165, 1.54) is 19.2 Å². The fourth-order valence-corrected chi connectivity index (χ4v) is 1.66. The van der Waals surface area contributed by atoms with E-state index in [1.807, 2.05) is 6.92 Å². The third-order valence-corrected chi connectivity index (χ3v) is 3.05. The highest BCUT2D eigenvalue weighted by molar-refractivity contribution is 6.31. The van der Waals surface area contributed by atoms with E-state index in [1.54, 1.807) is 18.2 Å². The number of carbonyl (C=O) groups is 1. The maximum Gasteiger partial charge on any atom is 0.356 e. The molecule has 1 heterocycles. The minimum atomic E-state index is -0.554. The van der Waals surface area contributed by atoms with E-state index >= 15 is 0 Å². The smallest absolute Gasteiger partial charge is 0.356 e. The molecule has 2 rings (SSSR count). The average molecular weight is 293 g/mol. The van der Waals surface area contributed by atoms with Crippen LogP contribution in [0.15, 0.2) is 30.3 Å². The number of rotatable bonds is 3. The van der Waals surface area contributed by atoms with Crippen molar-refractivity contribution in [2.75, 3.05) is 12.8 Å². The van der Waals surface area contributed by atoms with Crippen molar-refractivity contribution < 1.29 is 14.3 Å². The second-order valence-electron chi connectivity index (χ2n) is 4.10. The Labute approximate surface area is 121 Å². The van der Waals surface area contributed by atoms with Crippen LogP contribution in [0, 0.1) is 6.92 Å². The molecule has 0 saturated carbocycles. The molecule has 20 heavy (non-hydrogen) atoms. The first-order chi connectivity index (χ1) is 9.51. The van der Waals surface area contributed by atoms with Crippen molar-refractivity contribution in [1.82, 2.24) is 4.98 Å². The van der Waals surface area contributed by atoms with Gasteiger partial charge in [0.15, 0.2) is 5.69 Å². The number of aromatic nitrogens is 1. The Hall–Kier alpha value is -2.27. The Kier molecular flexibility index (Phi) is 4.10. The molecule has 0 bridgehead atoms. The molecular formula is C14H13ClN2O3. The fourth-order valence-electron chi connectivity index (χ4n) is 1.54. The number of anilines is 1. The van der Waals surface area contributed by atoms with Crippen LogP contribution in [-0.2, 0) is 4.74 Å². The number of aryl methyl sites for hydroxylation is 1. The number of hydrogen-bond acceptors (Lipinski definition) is 5. The number of nitrogens with zero attached hydrogens (tertiary/aromatic N) is 1. The van der Waals surface area contributed by atoms with E-state index in [0.29, 0.717) is 16.5 Å². The van der Waals surface area contributed by atoms with Crippen molar-refractivity contribution >= 4 is 23.3 Å². The molecule has 6 heteroatoms. The molecule has 104 valence electrons. The summed E-state index contributed by atoms with van der Waals surface area (Å²) in [7, 11) is 1.28. The van der Waals surface area contributed by atoms with Gasteiger partial charge in [-0.1, -0.05) is 11.6 Å². The summed E-state index contributed by atoms with van der Waals surface area (Å²) in [6, 6.07) is 8.18. The summed E-state index contributed by atoms with van der Waals surface area (Å²) in [5, 5.41) is 0.640. The van der Waals surface area contributed by atoms with Gasteiger partial charge in [0.05, 0.1) is 12.8 Å². The van der Waals surface area contributed by atoms with Gasteiger partial charge in [-0.25, -0.2) is 9.78 Å². The summed E-state index contributed by atoms with van der Waals surface area (Å²) in [4.78, 5) is 15.5. The molecule has 0 unspecified atom stereocenters. The first-order valence-corrected chi connectivity index (χ1v) is 6.18. The van der Waals surface area contributed by atoms with Crippen LogP contribution in [0.25, 0.3) is 0 Å². The minimum absolute atomic E-state index is 0.127. The van der Waals surface area contributed by atoms with Gasteiger partial charge in [-0.15, -0.1) is 0 Å². The van der Waals surface area contributed by atoms with Gasteiger partial charge >= 0.3 is 5.97 Å². The molecule has 0 atom stereocenters. The van der Waals surface area contributed by atoms with Crippen LogP contribution in [0.5, 0.6) is 11.6 Å². The van der Waals surface area contributed by atoms with Crippen molar-refractivity contribution in [1.29, 1.82) is 0 Å². The molecule has 0 aliphatic carbocycles. The zero-order chi connectivity index (χ0) is 14.7. The molecule has 0 radical (unpaired) electrons. The standard InChI is InChI=1S/C14H13ClN2O3/c1-8-7-9(3-4-10(8)15)20-13-11(16)5-6-12(17-13)14(18)19-2/h3-7H,16H2,1-2H3. The number of carbonyl (C=O) groups excluding carboxylic acids is 1. The highest BCUT2D eigenvalue weighted by Crippen LogP contribution is 2.28. The van der Waals surface area contributed by atoms with Crippen LogP contribution >= 0.6 is 11.6 Å². The van der Waals surface area contributed by atoms with E-state index in [9.17, 15) is 4.79 Å². The fraction of sp³-hybridized carbons (Fsp3) is 0.143. The number of esters is 1. The van der Waals surface area contributed by atoms with Crippen molar-refractivity contribution in [2.24, 2.45) is 0 Å². The minimum Gasteiger partial charge on any atom is -0.464 e. The largest absolute Gasteiger partial charge is 0.464 e. The van der Waals surface area contributed by atoms with Crippen LogP contribution in [0.4, 0.5) is 5.69 Å². The Bertz CT molecular complexity index is 659. The summed E-state index contributed by atoms with van der Waals surface area (Å²) in [6.45, 7) is 1.86. The van der Waals surface area contributed by atoms with E-state index < -0.39 is 5.97 Å². The van der Waals surface area contributed by atoms with Gasteiger partial charge in [-0.2, -0.15) is 0 Å². The quantitative estimate of drug-likeness (QED) is 0.879. The van der Waals surface area contributed by atoms with Crippen LogP contribution < -0.4 is 10.5 Å². The predicted octanol–water partition coefficient (Wildman–Crippen LogP) is 3.20. The monoisotopic (exact) mass is 292 g/mol. The van der Waals surface area contributed by atoms with Crippen LogP contribution in [0.3, 0.4) is 0 Å². The zero-order valence-electron chi connectivity index (χ0n) is 11.0. The van der Waals surface area contributed by atoms with E-state index in [-0.39, 0.29) is 11.6 Å². The van der Waals surface area contributed by atoms with Gasteiger partial charge in [0, 0.05) is 5.02 Å². The second-order valence-corrected chi connectivity index (χ2v) is 4.50. The van der Waals surface area contributed by atoms with Gasteiger partial charge in [0.25, 0.3) is 0 Å². The molecule has 0 spiro atoms. The van der Waals surface area contributed by atoms with E-state index in [4.69, 9.17) is 22.1 Å². The molecule has 0 fully saturated rings. The number of benzene rings is 1. The molecule has 0 amide bonds. The van der Waals surface area contributed by atoms with Crippen LogP contribution in [-0.4, -0.2) is 18.1 Å². The normalized spacial score (nSPS) is 10.2. The molecule has 5 nitrogen and oxygen atoms in total. The third kappa shape index (κ3) is 3.00. The average Bonchev–Trinajstić information content (AvgIpc) is 2.44. The number of ether oxygens (including phenoxy) is 2. The summed E-state index contributed by atoms with van der Waals surface area (Å²) in [6.07, 6.45) is 0. The maximum atomic E-state index is 11.4. The molecule has 2 aromatic rings. The molecule has 0 aliphatic rings. The van der Waals surface area contributed by atoms with Gasteiger partial charge in [-0.3, -0.25) is 0 Å². The predicted molar refractivity (Wildman–Crippen MR) is 76.3 cm³/mol. The van der Waals surface area contributed by atoms with Crippen LogP contribution in [0.2, 0.25) is 5.02 Å². The van der Waals surface area contributed by atoms with Crippen LogP contribution in [0.1, 0.15) is 16.1 Å². The molecule has 1 aromatic carbocycles. The molecule has 1 aromatic heterocycles. The number of nitrogens with two attached hydrogens (primary N) is 1. The first-order valence-electron chi connectivity index (χ1n) is 5.80. The number of methoxy groups -OCH3 is 1. The lowest BCUT2D eigenvalue weighted by Crippen LogP contribution is -2.06. The Balaban J connectivity index is 2.32. The third-order valence-electron chi connectivity index (χ3n) is 2.63. The van der Waals surface area contributed by atoms with Crippen molar-refractivity contribution in [3.05, 3.63) is 46.6 Å². The van der Waals surface area contributed by atoms with E-state index in [0.717, 1.165) is 5.56 Å². The van der Waals surface area contributed by atoms with Gasteiger partial charge in [0.1, 0.15) is 5.75 Å². The Morgan fingerprint density at radius 1 is 1.30 bits per heavy atom. The second kappa shape index (κ2) is 5.79. The van der Waals surface area contributed by atoms with E-state index in [2.05, 4.69) is 9.72 Å². The summed E-state index contributed by atoms with van der Waals surface area (Å²) in [5.74, 6) is 0.130. The number of halogens is 1. The summed E-state index contributed by atoms with van der Waals surface area (Å²) < 4.78 is 10.2. The summed E-state index contributed by atoms with van der Waals surface area (Å²) in [5.41, 5.74) is 7.10. The molecule has 2 N–H and O–H groups in total. The highest BCUT2D eigenvalue weighted by atomic mass is 35.5. The van der Waals surface area contributed by atoms with Gasteiger partial charge in [-0.05, 0) is 42.8 Å². The lowest BCUT2D eigenvalue weighted by molar-refractivity contribution is 0.0593. The van der Waals surface area contributed by atoms with Crippen molar-refractivity contribution in [3.8, 4) is 11.6 Å². The summed E-state index contributed by atoms with van der Waals surface area (Å²) >= 11 is 5.94. The zero-order valence-corrected chi connectivity index (χ0v) is 11.8. The number of pyridine rings is 1. The number of hydrogen-bond donors (Lipinski definition) is 1. The molecular weight excluding hydrogens is 280 g/mol. The van der Waals surface area contributed by atoms with Gasteiger partial charge in [0.2, 0.25) is 5.88 Å². The number of nitrogen functional groups attached to an aromatic ring is 1. The van der Waals surface area contributed by atoms with Crippen molar-refractivity contribution in [2.45, 2.75) is 6.92 Å². The highest BCUT2D eigenvalue weighted by Gasteiger charge is 2.12. The molecule has 0 saturated heterocycles. The maximum absolute atomic E-state index is 11.4. The van der Waals surface area contributed by atoms with Gasteiger partial charge < -0.3 is 15.2 Å². The lowest BCUT2D eigenvalue weighted by atomic mass is 10.2. The lowest BCUT2D eigenvalue weighted by Gasteiger charge is -2.09.